The van der Waals surface area contributed by atoms with E-state index in [-0.39, 0.29) is 5.11 Å². The lowest BCUT2D eigenvalue weighted by atomic mass is 10.3. The van der Waals surface area contributed by atoms with Gasteiger partial charge in [-0.1, -0.05) is 17.7 Å². The number of nitrogens with zero attached hydrogens (tertiary/aromatic N) is 1. The molecule has 0 heterocycles. The van der Waals surface area contributed by atoms with Gasteiger partial charge in [0.25, 0.3) is 0 Å². The van der Waals surface area contributed by atoms with Gasteiger partial charge in [-0.2, -0.15) is 0 Å². The highest BCUT2D eigenvalue weighted by molar-refractivity contribution is 7.80. The zero-order valence-electron chi connectivity index (χ0n) is 7.61. The third-order valence-corrected chi connectivity index (χ3v) is 1.84. The molecule has 7 heteroatoms. The molecule has 1 aromatic rings. The summed E-state index contributed by atoms with van der Waals surface area (Å²) in [4.78, 5) is 11.1. The third-order valence-electron chi connectivity index (χ3n) is 1.51. The number of benzene rings is 1. The van der Waals surface area contributed by atoms with Gasteiger partial charge < -0.3 is 11.5 Å². The summed E-state index contributed by atoms with van der Waals surface area (Å²) in [6.45, 7) is 0. The smallest absolute Gasteiger partial charge is 0.338 e. The number of hydrazine groups is 1. The van der Waals surface area contributed by atoms with Crippen molar-refractivity contribution >= 4 is 40.6 Å². The molecule has 2 amide bonds. The molecule has 0 aliphatic rings. The van der Waals surface area contributed by atoms with E-state index in [9.17, 15) is 4.79 Å². The van der Waals surface area contributed by atoms with E-state index >= 15 is 0 Å². The molecule has 80 valence electrons. The number of primary amides is 1. The van der Waals surface area contributed by atoms with Crippen molar-refractivity contribution in [3.63, 3.8) is 0 Å². The van der Waals surface area contributed by atoms with Crippen LogP contribution in [0.4, 0.5) is 10.5 Å². The normalized spacial score (nSPS) is 9.40. The number of anilines is 1. The van der Waals surface area contributed by atoms with Crippen molar-refractivity contribution in [2.75, 3.05) is 5.01 Å². The van der Waals surface area contributed by atoms with Gasteiger partial charge >= 0.3 is 6.03 Å². The average Bonchev–Trinajstić information content (AvgIpc) is 2.13. The summed E-state index contributed by atoms with van der Waals surface area (Å²) in [6.07, 6.45) is 0. The summed E-state index contributed by atoms with van der Waals surface area (Å²) in [7, 11) is 0. The molecule has 0 unspecified atom stereocenters. The van der Waals surface area contributed by atoms with Crippen LogP contribution in [0.25, 0.3) is 0 Å². The van der Waals surface area contributed by atoms with Crippen LogP contribution in [-0.4, -0.2) is 11.1 Å². The van der Waals surface area contributed by atoms with Crippen LogP contribution in [0.5, 0.6) is 0 Å². The fourth-order valence-corrected chi connectivity index (χ4v) is 1.25. The fraction of sp³-hybridized carbons (Fsp3) is 0. The van der Waals surface area contributed by atoms with Gasteiger partial charge in [-0.3, -0.25) is 5.43 Å². The maximum Gasteiger partial charge on any atom is 0.338 e. The van der Waals surface area contributed by atoms with Gasteiger partial charge in [-0.15, -0.1) is 0 Å². The van der Waals surface area contributed by atoms with Gasteiger partial charge in [0.2, 0.25) is 0 Å². The third kappa shape index (κ3) is 3.26. The van der Waals surface area contributed by atoms with E-state index in [1.807, 2.05) is 0 Å². The van der Waals surface area contributed by atoms with Gasteiger partial charge in [-0.25, -0.2) is 9.80 Å². The van der Waals surface area contributed by atoms with Crippen LogP contribution >= 0.6 is 23.8 Å². The van der Waals surface area contributed by atoms with E-state index in [0.29, 0.717) is 10.7 Å². The van der Waals surface area contributed by atoms with E-state index in [2.05, 4.69) is 17.6 Å². The summed E-state index contributed by atoms with van der Waals surface area (Å²) < 4.78 is 0. The van der Waals surface area contributed by atoms with Crippen LogP contribution in [0, 0.1) is 0 Å². The molecule has 0 radical (unpaired) electrons. The largest absolute Gasteiger partial charge is 0.375 e. The minimum absolute atomic E-state index is 0.0613. The van der Waals surface area contributed by atoms with E-state index in [1.54, 1.807) is 24.3 Å². The van der Waals surface area contributed by atoms with Crippen molar-refractivity contribution in [1.29, 1.82) is 0 Å². The zero-order valence-corrected chi connectivity index (χ0v) is 9.18. The first-order valence-electron chi connectivity index (χ1n) is 3.92. The van der Waals surface area contributed by atoms with Crippen molar-refractivity contribution in [3.8, 4) is 0 Å². The molecule has 0 aliphatic carbocycles. The van der Waals surface area contributed by atoms with Crippen LogP contribution in [-0.2, 0) is 0 Å². The maximum absolute atomic E-state index is 11.1. The number of thiocarbonyl (C=S) groups is 1. The lowest BCUT2D eigenvalue weighted by Gasteiger charge is -2.21. The Morgan fingerprint density at radius 3 is 2.60 bits per heavy atom. The number of hydrogen-bond acceptors (Lipinski definition) is 2. The minimum Gasteiger partial charge on any atom is -0.375 e. The average molecular weight is 245 g/mol. The van der Waals surface area contributed by atoms with E-state index < -0.39 is 6.03 Å². The Morgan fingerprint density at radius 2 is 2.13 bits per heavy atom. The molecule has 1 rings (SSSR count). The Bertz CT molecular complexity index is 398. The first-order chi connectivity index (χ1) is 7.00. The molecule has 5 N–H and O–H groups in total. The summed E-state index contributed by atoms with van der Waals surface area (Å²) >= 11 is 10.4. The molecule has 0 bridgehead atoms. The molecule has 1 aromatic carbocycles. The minimum atomic E-state index is -0.731. The van der Waals surface area contributed by atoms with Crippen molar-refractivity contribution in [1.82, 2.24) is 5.43 Å². The van der Waals surface area contributed by atoms with Crippen LogP contribution in [0.3, 0.4) is 0 Å². The van der Waals surface area contributed by atoms with Gasteiger partial charge in [0.05, 0.1) is 5.69 Å². The predicted molar refractivity (Wildman–Crippen MR) is 63.4 cm³/mol. The molecule has 0 saturated heterocycles. The Kier molecular flexibility index (Phi) is 3.70. The molecule has 0 fully saturated rings. The highest BCUT2D eigenvalue weighted by Crippen LogP contribution is 2.17. The number of hydrogen-bond donors (Lipinski definition) is 3. The molecule has 0 aromatic heterocycles. The van der Waals surface area contributed by atoms with E-state index in [4.69, 9.17) is 23.1 Å². The topological polar surface area (TPSA) is 84.4 Å². The number of rotatable bonds is 1. The Labute approximate surface area is 96.9 Å². The van der Waals surface area contributed by atoms with Crippen LogP contribution in [0.2, 0.25) is 5.02 Å². The van der Waals surface area contributed by atoms with Crippen LogP contribution < -0.4 is 21.9 Å². The monoisotopic (exact) mass is 244 g/mol. The van der Waals surface area contributed by atoms with Gasteiger partial charge in [0.1, 0.15) is 0 Å². The second-order valence-corrected chi connectivity index (χ2v) is 3.51. The molecule has 5 nitrogen and oxygen atoms in total. The number of nitrogens with one attached hydrogen (secondary N) is 1. The van der Waals surface area contributed by atoms with Gasteiger partial charge in [0, 0.05) is 5.02 Å². The lowest BCUT2D eigenvalue weighted by Crippen LogP contribution is -2.51. The summed E-state index contributed by atoms with van der Waals surface area (Å²) in [6, 6.07) is 5.81. The van der Waals surface area contributed by atoms with Crippen molar-refractivity contribution < 1.29 is 4.79 Å². The zero-order chi connectivity index (χ0) is 11.4. The number of carbonyl (C=O) groups excluding carboxylic acids is 1. The number of halogens is 1. The molecule has 0 atom stereocenters. The standard InChI is InChI=1S/C8H9ClN4OS/c9-5-2-1-3-6(4-5)13(8(11)14)12-7(10)15/h1-4H,(H2,11,14)(H3,10,12,15). The van der Waals surface area contributed by atoms with Gasteiger partial charge in [-0.05, 0) is 30.4 Å². The van der Waals surface area contributed by atoms with Crippen molar-refractivity contribution in [2.45, 2.75) is 0 Å². The van der Waals surface area contributed by atoms with Crippen LogP contribution in [0.15, 0.2) is 24.3 Å². The molecular formula is C8H9ClN4OS. The highest BCUT2D eigenvalue weighted by atomic mass is 35.5. The first kappa shape index (κ1) is 11.5. The number of urea groups is 1. The quantitative estimate of drug-likeness (QED) is 0.508. The number of amides is 2. The summed E-state index contributed by atoms with van der Waals surface area (Å²) in [5.41, 5.74) is 13.3. The van der Waals surface area contributed by atoms with E-state index in [1.165, 1.54) is 0 Å². The molecule has 0 saturated carbocycles. The number of carbonyl (C=O) groups is 1. The van der Waals surface area contributed by atoms with Crippen LogP contribution in [0.1, 0.15) is 0 Å². The lowest BCUT2D eigenvalue weighted by molar-refractivity contribution is 0.253. The number of nitrogens with two attached hydrogens (primary N) is 2. The van der Waals surface area contributed by atoms with Crippen molar-refractivity contribution in [2.24, 2.45) is 11.5 Å². The summed E-state index contributed by atoms with van der Waals surface area (Å²) in [5, 5.41) is 1.42. The molecular weight excluding hydrogens is 236 g/mol. The second-order valence-electron chi connectivity index (χ2n) is 2.63. The SMILES string of the molecule is NC(=O)N(NC(N)=S)c1cccc(Cl)c1. The maximum atomic E-state index is 11.1. The fourth-order valence-electron chi connectivity index (χ4n) is 0.972. The predicted octanol–water partition coefficient (Wildman–Crippen LogP) is 0.973. The second kappa shape index (κ2) is 4.81. The Morgan fingerprint density at radius 1 is 1.47 bits per heavy atom. The van der Waals surface area contributed by atoms with Gasteiger partial charge in [0.15, 0.2) is 5.11 Å². The first-order valence-corrected chi connectivity index (χ1v) is 4.70. The van der Waals surface area contributed by atoms with Crippen molar-refractivity contribution in [3.05, 3.63) is 29.3 Å². The molecule has 15 heavy (non-hydrogen) atoms. The highest BCUT2D eigenvalue weighted by Gasteiger charge is 2.12. The Balaban J connectivity index is 2.98. The van der Waals surface area contributed by atoms with E-state index in [0.717, 1.165) is 5.01 Å². The molecule has 0 aliphatic heterocycles. The summed E-state index contributed by atoms with van der Waals surface area (Å²) in [5.74, 6) is 0. The Hall–Kier alpha value is -1.53. The molecule has 0 spiro atoms.